The number of nitrogens with two attached hydrogens (primary N) is 1. The summed E-state index contributed by atoms with van der Waals surface area (Å²) in [6, 6.07) is 5.56. The summed E-state index contributed by atoms with van der Waals surface area (Å²) in [6.07, 6.45) is 1.74. The molecule has 0 saturated carbocycles. The van der Waals surface area contributed by atoms with Crippen molar-refractivity contribution >= 4 is 11.6 Å². The lowest BCUT2D eigenvalue weighted by molar-refractivity contribution is 0.415. The van der Waals surface area contributed by atoms with Gasteiger partial charge in [-0.05, 0) is 18.2 Å². The molecule has 3 N–H and O–H groups in total. The van der Waals surface area contributed by atoms with Crippen molar-refractivity contribution in [1.82, 2.24) is 9.97 Å². The lowest BCUT2D eigenvalue weighted by Gasteiger charge is -2.04. The lowest BCUT2D eigenvalue weighted by atomic mass is 10.1. The van der Waals surface area contributed by atoms with Crippen molar-refractivity contribution in [3.05, 3.63) is 35.2 Å². The van der Waals surface area contributed by atoms with Crippen LogP contribution in [0.2, 0.25) is 5.02 Å². The first kappa shape index (κ1) is 11.0. The minimum atomic E-state index is 0.393. The summed E-state index contributed by atoms with van der Waals surface area (Å²) >= 11 is 6.04. The maximum absolute atomic E-state index is 6.04. The average molecular weight is 238 g/mol. The van der Waals surface area contributed by atoms with Crippen LogP contribution in [0.5, 0.6) is 5.75 Å². The van der Waals surface area contributed by atoms with Crippen LogP contribution in [0, 0.1) is 0 Å². The molecule has 0 spiro atoms. The van der Waals surface area contributed by atoms with Crippen molar-refractivity contribution in [2.24, 2.45) is 5.73 Å². The van der Waals surface area contributed by atoms with Gasteiger partial charge >= 0.3 is 0 Å². The summed E-state index contributed by atoms with van der Waals surface area (Å²) < 4.78 is 5.08. The maximum Gasteiger partial charge on any atom is 0.137 e. The van der Waals surface area contributed by atoms with E-state index in [1.807, 2.05) is 18.2 Å². The van der Waals surface area contributed by atoms with Gasteiger partial charge in [0.15, 0.2) is 0 Å². The second kappa shape index (κ2) is 4.55. The van der Waals surface area contributed by atoms with Crippen molar-refractivity contribution in [1.29, 1.82) is 0 Å². The lowest BCUT2D eigenvalue weighted by Crippen LogP contribution is -1.97. The molecule has 0 radical (unpaired) electrons. The number of hydrogen-bond donors (Lipinski definition) is 2. The fourth-order valence-electron chi connectivity index (χ4n) is 1.45. The molecule has 4 nitrogen and oxygen atoms in total. The highest BCUT2D eigenvalue weighted by molar-refractivity contribution is 6.32. The second-order valence-corrected chi connectivity index (χ2v) is 3.70. The Bertz CT molecular complexity index is 496. The normalized spacial score (nSPS) is 10.4. The number of rotatable bonds is 3. The van der Waals surface area contributed by atoms with E-state index in [1.165, 1.54) is 0 Å². The monoisotopic (exact) mass is 237 g/mol. The van der Waals surface area contributed by atoms with Gasteiger partial charge in [0.25, 0.3) is 0 Å². The SMILES string of the molecule is COc1ccc(-c2cnc(CN)[nH]2)cc1Cl. The molecule has 0 amide bonds. The predicted molar refractivity (Wildman–Crippen MR) is 63.5 cm³/mol. The van der Waals surface area contributed by atoms with Crippen molar-refractivity contribution in [3.8, 4) is 17.0 Å². The van der Waals surface area contributed by atoms with E-state index in [4.69, 9.17) is 22.1 Å². The molecule has 1 heterocycles. The first-order valence-corrected chi connectivity index (χ1v) is 5.20. The van der Waals surface area contributed by atoms with E-state index in [-0.39, 0.29) is 0 Å². The number of halogens is 1. The molecule has 2 rings (SSSR count). The third-order valence-electron chi connectivity index (χ3n) is 2.28. The quantitative estimate of drug-likeness (QED) is 0.860. The van der Waals surface area contributed by atoms with Crippen LogP contribution in [0.3, 0.4) is 0 Å². The number of ether oxygens (including phenoxy) is 1. The van der Waals surface area contributed by atoms with Crippen molar-refractivity contribution in [2.45, 2.75) is 6.54 Å². The van der Waals surface area contributed by atoms with Crippen LogP contribution in [0.15, 0.2) is 24.4 Å². The predicted octanol–water partition coefficient (Wildman–Crippen LogP) is 2.20. The summed E-state index contributed by atoms with van der Waals surface area (Å²) in [5.74, 6) is 1.41. The fourth-order valence-corrected chi connectivity index (χ4v) is 1.70. The molecule has 5 heteroatoms. The minimum absolute atomic E-state index is 0.393. The Kier molecular flexibility index (Phi) is 3.12. The highest BCUT2D eigenvalue weighted by Crippen LogP contribution is 2.29. The Balaban J connectivity index is 2.37. The third-order valence-corrected chi connectivity index (χ3v) is 2.58. The zero-order valence-corrected chi connectivity index (χ0v) is 9.58. The molecule has 16 heavy (non-hydrogen) atoms. The number of aromatic nitrogens is 2. The number of hydrogen-bond acceptors (Lipinski definition) is 3. The standard InChI is InChI=1S/C11H12ClN3O/c1-16-10-3-2-7(4-8(10)12)9-6-14-11(5-13)15-9/h2-4,6H,5,13H2,1H3,(H,14,15). The van der Waals surface area contributed by atoms with Crippen LogP contribution in [0.25, 0.3) is 11.3 Å². The van der Waals surface area contributed by atoms with Crippen LogP contribution in [-0.4, -0.2) is 17.1 Å². The first-order chi connectivity index (χ1) is 7.74. The van der Waals surface area contributed by atoms with Gasteiger partial charge in [0.2, 0.25) is 0 Å². The average Bonchev–Trinajstić information content (AvgIpc) is 2.77. The van der Waals surface area contributed by atoms with Crippen LogP contribution in [0.4, 0.5) is 0 Å². The number of imidazole rings is 1. The molecule has 0 atom stereocenters. The molecule has 84 valence electrons. The molecular formula is C11H12ClN3O. The van der Waals surface area contributed by atoms with E-state index >= 15 is 0 Å². The number of H-pyrrole nitrogens is 1. The highest BCUT2D eigenvalue weighted by atomic mass is 35.5. The summed E-state index contributed by atoms with van der Waals surface area (Å²) in [7, 11) is 1.59. The van der Waals surface area contributed by atoms with Gasteiger partial charge in [-0.3, -0.25) is 0 Å². The molecule has 1 aromatic heterocycles. The van der Waals surface area contributed by atoms with Crippen LogP contribution >= 0.6 is 11.6 Å². The molecule has 0 unspecified atom stereocenters. The van der Waals surface area contributed by atoms with Gasteiger partial charge in [-0.15, -0.1) is 0 Å². The van der Waals surface area contributed by atoms with E-state index in [1.54, 1.807) is 13.3 Å². The van der Waals surface area contributed by atoms with Crippen LogP contribution in [-0.2, 0) is 6.54 Å². The van der Waals surface area contributed by atoms with Crippen molar-refractivity contribution in [3.63, 3.8) is 0 Å². The van der Waals surface area contributed by atoms with Gasteiger partial charge in [-0.25, -0.2) is 4.98 Å². The molecule has 1 aromatic carbocycles. The molecule has 2 aromatic rings. The number of methoxy groups -OCH3 is 1. The van der Waals surface area contributed by atoms with Gasteiger partial charge in [0, 0.05) is 5.56 Å². The molecule has 0 fully saturated rings. The molecule has 0 aliphatic rings. The Labute approximate surface area is 98.4 Å². The van der Waals surface area contributed by atoms with Crippen LogP contribution < -0.4 is 10.5 Å². The third kappa shape index (κ3) is 2.03. The zero-order valence-electron chi connectivity index (χ0n) is 8.83. The Hall–Kier alpha value is -1.52. The van der Waals surface area contributed by atoms with E-state index in [0.29, 0.717) is 17.3 Å². The Morgan fingerprint density at radius 2 is 2.31 bits per heavy atom. The summed E-state index contributed by atoms with van der Waals surface area (Å²) in [5.41, 5.74) is 7.33. The van der Waals surface area contributed by atoms with Gasteiger partial charge < -0.3 is 15.5 Å². The van der Waals surface area contributed by atoms with Gasteiger partial charge in [-0.1, -0.05) is 11.6 Å². The van der Waals surface area contributed by atoms with Gasteiger partial charge in [-0.2, -0.15) is 0 Å². The minimum Gasteiger partial charge on any atom is -0.495 e. The molecule has 0 bridgehead atoms. The Morgan fingerprint density at radius 3 is 2.88 bits per heavy atom. The summed E-state index contributed by atoms with van der Waals surface area (Å²) in [5, 5.41) is 0.573. The number of aromatic amines is 1. The topological polar surface area (TPSA) is 63.9 Å². The van der Waals surface area contributed by atoms with Crippen LogP contribution in [0.1, 0.15) is 5.82 Å². The summed E-state index contributed by atoms with van der Waals surface area (Å²) in [6.45, 7) is 0.393. The van der Waals surface area contributed by atoms with E-state index in [9.17, 15) is 0 Å². The number of benzene rings is 1. The molecular weight excluding hydrogens is 226 g/mol. The van der Waals surface area contributed by atoms with E-state index in [2.05, 4.69) is 9.97 Å². The molecule has 0 aliphatic carbocycles. The molecule has 0 saturated heterocycles. The van der Waals surface area contributed by atoms with Gasteiger partial charge in [0.1, 0.15) is 11.6 Å². The van der Waals surface area contributed by atoms with E-state index in [0.717, 1.165) is 17.1 Å². The molecule has 0 aliphatic heterocycles. The smallest absolute Gasteiger partial charge is 0.137 e. The fraction of sp³-hybridized carbons (Fsp3) is 0.182. The van der Waals surface area contributed by atoms with Crippen molar-refractivity contribution in [2.75, 3.05) is 7.11 Å². The number of nitrogens with one attached hydrogen (secondary N) is 1. The zero-order chi connectivity index (χ0) is 11.5. The second-order valence-electron chi connectivity index (χ2n) is 3.30. The highest BCUT2D eigenvalue weighted by Gasteiger charge is 2.06. The van der Waals surface area contributed by atoms with E-state index < -0.39 is 0 Å². The summed E-state index contributed by atoms with van der Waals surface area (Å²) in [4.78, 5) is 7.24. The Morgan fingerprint density at radius 1 is 1.50 bits per heavy atom. The van der Waals surface area contributed by atoms with Crippen molar-refractivity contribution < 1.29 is 4.74 Å². The largest absolute Gasteiger partial charge is 0.495 e. The first-order valence-electron chi connectivity index (χ1n) is 4.82. The number of nitrogens with zero attached hydrogens (tertiary/aromatic N) is 1. The maximum atomic E-state index is 6.04. The van der Waals surface area contributed by atoms with Gasteiger partial charge in [0.05, 0.1) is 30.6 Å².